The van der Waals surface area contributed by atoms with E-state index in [0.29, 0.717) is 19.5 Å². The number of amides is 1. The monoisotopic (exact) mass is 264 g/mol. The molecule has 1 aliphatic rings. The van der Waals surface area contributed by atoms with Crippen molar-refractivity contribution in [1.29, 1.82) is 0 Å². The average Bonchev–Trinajstić information content (AvgIpc) is 2.46. The number of anilines is 1. The highest BCUT2D eigenvalue weighted by Crippen LogP contribution is 2.18. The van der Waals surface area contributed by atoms with Gasteiger partial charge in [0.25, 0.3) is 0 Å². The maximum absolute atomic E-state index is 11.5. The second-order valence-corrected chi connectivity index (χ2v) is 4.35. The minimum atomic E-state index is -0.512. The maximum Gasteiger partial charge on any atom is 0.363 e. The summed E-state index contributed by atoms with van der Waals surface area (Å²) in [5.41, 5.74) is 0.856. The van der Waals surface area contributed by atoms with Crippen molar-refractivity contribution >= 4 is 17.4 Å². The molecule has 102 valence electrons. The number of nitrogens with zero attached hydrogens (tertiary/aromatic N) is 4. The van der Waals surface area contributed by atoms with Crippen LogP contribution in [0.1, 0.15) is 13.3 Å². The predicted octanol–water partition coefficient (Wildman–Crippen LogP) is 1.05. The van der Waals surface area contributed by atoms with Crippen molar-refractivity contribution < 1.29 is 9.72 Å². The van der Waals surface area contributed by atoms with Crippen molar-refractivity contribution in [1.82, 2.24) is 9.88 Å². The molecule has 2 heterocycles. The SMILES string of the molecule is CCC(=O)N1CCN(c2ccc([N+](=O)[O-])nc2)CC1. The lowest BCUT2D eigenvalue weighted by atomic mass is 10.2. The van der Waals surface area contributed by atoms with Crippen molar-refractivity contribution in [3.05, 3.63) is 28.4 Å². The zero-order valence-corrected chi connectivity index (χ0v) is 10.8. The lowest BCUT2D eigenvalue weighted by Gasteiger charge is -2.35. The van der Waals surface area contributed by atoms with Crippen LogP contribution in [-0.2, 0) is 4.79 Å². The van der Waals surface area contributed by atoms with Crippen molar-refractivity contribution in [3.63, 3.8) is 0 Å². The molecule has 7 heteroatoms. The molecule has 1 saturated heterocycles. The van der Waals surface area contributed by atoms with E-state index in [2.05, 4.69) is 9.88 Å². The Morgan fingerprint density at radius 1 is 1.37 bits per heavy atom. The Balaban J connectivity index is 1.97. The molecule has 2 rings (SSSR count). The lowest BCUT2D eigenvalue weighted by molar-refractivity contribution is -0.389. The molecule has 0 aliphatic carbocycles. The molecule has 0 atom stereocenters. The Kier molecular flexibility index (Phi) is 3.94. The van der Waals surface area contributed by atoms with Gasteiger partial charge in [-0.3, -0.25) is 4.79 Å². The fourth-order valence-electron chi connectivity index (χ4n) is 2.11. The van der Waals surface area contributed by atoms with E-state index in [0.717, 1.165) is 18.8 Å². The van der Waals surface area contributed by atoms with Crippen LogP contribution in [0.2, 0.25) is 0 Å². The first-order valence-corrected chi connectivity index (χ1v) is 6.25. The highest BCUT2D eigenvalue weighted by Gasteiger charge is 2.21. The van der Waals surface area contributed by atoms with Crippen LogP contribution in [-0.4, -0.2) is 46.9 Å². The maximum atomic E-state index is 11.5. The number of nitro groups is 1. The van der Waals surface area contributed by atoms with E-state index in [9.17, 15) is 14.9 Å². The third-order valence-corrected chi connectivity index (χ3v) is 3.22. The van der Waals surface area contributed by atoms with Crippen LogP contribution in [0, 0.1) is 10.1 Å². The van der Waals surface area contributed by atoms with Crippen molar-refractivity contribution in [2.75, 3.05) is 31.1 Å². The summed E-state index contributed by atoms with van der Waals surface area (Å²) in [7, 11) is 0. The van der Waals surface area contributed by atoms with Gasteiger partial charge in [0.15, 0.2) is 6.20 Å². The van der Waals surface area contributed by atoms with Gasteiger partial charge in [0.1, 0.15) is 0 Å². The van der Waals surface area contributed by atoms with E-state index < -0.39 is 4.92 Å². The molecule has 0 radical (unpaired) electrons. The van der Waals surface area contributed by atoms with Crippen molar-refractivity contribution in [2.24, 2.45) is 0 Å². The molecule has 0 bridgehead atoms. The summed E-state index contributed by atoms with van der Waals surface area (Å²) in [6.45, 7) is 4.68. The first-order valence-electron chi connectivity index (χ1n) is 6.25. The Morgan fingerprint density at radius 3 is 2.53 bits per heavy atom. The van der Waals surface area contributed by atoms with E-state index >= 15 is 0 Å². The molecule has 1 amide bonds. The van der Waals surface area contributed by atoms with Crippen LogP contribution in [0.25, 0.3) is 0 Å². The average molecular weight is 264 g/mol. The number of carbonyl (C=O) groups is 1. The third-order valence-electron chi connectivity index (χ3n) is 3.22. The minimum absolute atomic E-state index is 0.149. The first-order chi connectivity index (χ1) is 9.11. The Hall–Kier alpha value is -2.18. The summed E-state index contributed by atoms with van der Waals surface area (Å²) < 4.78 is 0. The highest BCUT2D eigenvalue weighted by molar-refractivity contribution is 5.76. The van der Waals surface area contributed by atoms with Crippen LogP contribution < -0.4 is 4.90 Å². The van der Waals surface area contributed by atoms with Crippen LogP contribution in [0.15, 0.2) is 18.3 Å². The number of hydrogen-bond donors (Lipinski definition) is 0. The van der Waals surface area contributed by atoms with Crippen LogP contribution in [0.3, 0.4) is 0 Å². The fourth-order valence-corrected chi connectivity index (χ4v) is 2.11. The number of carbonyl (C=O) groups excluding carboxylic acids is 1. The first kappa shape index (κ1) is 13.3. The minimum Gasteiger partial charge on any atom is -0.365 e. The molecule has 0 N–H and O–H groups in total. The van der Waals surface area contributed by atoms with Gasteiger partial charge in [-0.1, -0.05) is 6.92 Å². The molecule has 1 aromatic heterocycles. The number of hydrogen-bond acceptors (Lipinski definition) is 5. The Morgan fingerprint density at radius 2 is 2.05 bits per heavy atom. The third kappa shape index (κ3) is 2.98. The quantitative estimate of drug-likeness (QED) is 0.602. The summed E-state index contributed by atoms with van der Waals surface area (Å²) >= 11 is 0. The van der Waals surface area contributed by atoms with Crippen LogP contribution in [0.4, 0.5) is 11.5 Å². The summed E-state index contributed by atoms with van der Waals surface area (Å²) in [5, 5.41) is 10.5. The normalized spacial score (nSPS) is 15.4. The topological polar surface area (TPSA) is 79.6 Å². The number of rotatable bonds is 3. The Labute approximate surface area is 111 Å². The van der Waals surface area contributed by atoms with Gasteiger partial charge in [0, 0.05) is 38.7 Å². The summed E-state index contributed by atoms with van der Waals surface area (Å²) in [6, 6.07) is 3.10. The van der Waals surface area contributed by atoms with Gasteiger partial charge in [-0.2, -0.15) is 0 Å². The molecule has 19 heavy (non-hydrogen) atoms. The zero-order valence-electron chi connectivity index (χ0n) is 10.8. The van der Waals surface area contributed by atoms with E-state index in [1.54, 1.807) is 6.07 Å². The number of piperazine rings is 1. The molecule has 0 spiro atoms. The van der Waals surface area contributed by atoms with Crippen LogP contribution >= 0.6 is 0 Å². The highest BCUT2D eigenvalue weighted by atomic mass is 16.6. The fraction of sp³-hybridized carbons (Fsp3) is 0.500. The molecule has 1 aromatic rings. The van der Waals surface area contributed by atoms with E-state index in [1.165, 1.54) is 12.3 Å². The lowest BCUT2D eigenvalue weighted by Crippen LogP contribution is -2.48. The van der Waals surface area contributed by atoms with Gasteiger partial charge in [-0.15, -0.1) is 0 Å². The van der Waals surface area contributed by atoms with Gasteiger partial charge in [-0.25, -0.2) is 0 Å². The van der Waals surface area contributed by atoms with Crippen LogP contribution in [0.5, 0.6) is 0 Å². The molecule has 1 aliphatic heterocycles. The number of aromatic nitrogens is 1. The molecular formula is C12H16N4O3. The molecule has 0 unspecified atom stereocenters. The zero-order chi connectivity index (χ0) is 13.8. The number of pyridine rings is 1. The molecule has 7 nitrogen and oxygen atoms in total. The predicted molar refractivity (Wildman–Crippen MR) is 70.0 cm³/mol. The van der Waals surface area contributed by atoms with Gasteiger partial charge in [0.2, 0.25) is 5.91 Å². The van der Waals surface area contributed by atoms with E-state index in [4.69, 9.17) is 0 Å². The summed E-state index contributed by atoms with van der Waals surface area (Å²) in [6.07, 6.45) is 2.04. The van der Waals surface area contributed by atoms with Gasteiger partial charge < -0.3 is 19.9 Å². The second kappa shape index (κ2) is 5.64. The molecular weight excluding hydrogens is 248 g/mol. The van der Waals surface area contributed by atoms with E-state index in [-0.39, 0.29) is 11.7 Å². The van der Waals surface area contributed by atoms with Crippen molar-refractivity contribution in [3.8, 4) is 0 Å². The largest absolute Gasteiger partial charge is 0.365 e. The summed E-state index contributed by atoms with van der Waals surface area (Å²) in [4.78, 5) is 29.3. The smallest absolute Gasteiger partial charge is 0.363 e. The van der Waals surface area contributed by atoms with Gasteiger partial charge in [0.05, 0.1) is 5.69 Å². The van der Waals surface area contributed by atoms with Gasteiger partial charge >= 0.3 is 5.82 Å². The van der Waals surface area contributed by atoms with Crippen molar-refractivity contribution in [2.45, 2.75) is 13.3 Å². The molecule has 0 aromatic carbocycles. The standard InChI is InChI=1S/C12H16N4O3/c1-2-12(17)15-7-5-14(6-8-15)10-3-4-11(13-9-10)16(18)19/h3-4,9H,2,5-8H2,1H3. The molecule has 0 saturated carbocycles. The molecule has 1 fully saturated rings. The van der Waals surface area contributed by atoms with Gasteiger partial charge in [-0.05, 0) is 16.0 Å². The second-order valence-electron chi connectivity index (χ2n) is 4.35. The summed E-state index contributed by atoms with van der Waals surface area (Å²) in [5.74, 6) is 0.0185. The Bertz CT molecular complexity index is 466. The van der Waals surface area contributed by atoms with E-state index in [1.807, 2.05) is 11.8 Å².